The van der Waals surface area contributed by atoms with Gasteiger partial charge in [0.1, 0.15) is 0 Å². The molecule has 0 spiro atoms. The SMILES string of the molecule is Cc1csc(CC2(C#N)CCCCC2)n1. The molecule has 1 aliphatic rings. The molecule has 1 fully saturated rings. The molecule has 1 saturated carbocycles. The van der Waals surface area contributed by atoms with Crippen LogP contribution in [0.4, 0.5) is 0 Å². The molecule has 0 aromatic carbocycles. The van der Waals surface area contributed by atoms with Crippen molar-refractivity contribution in [3.8, 4) is 6.07 Å². The third-order valence-corrected chi connectivity index (χ3v) is 4.17. The summed E-state index contributed by atoms with van der Waals surface area (Å²) in [6.07, 6.45) is 6.68. The Morgan fingerprint density at radius 2 is 2.20 bits per heavy atom. The summed E-state index contributed by atoms with van der Waals surface area (Å²) in [6, 6.07) is 2.54. The molecule has 0 unspecified atom stereocenters. The third kappa shape index (κ3) is 2.38. The van der Waals surface area contributed by atoms with Crippen molar-refractivity contribution in [2.75, 3.05) is 0 Å². The quantitative estimate of drug-likeness (QED) is 0.765. The number of hydrogen-bond donors (Lipinski definition) is 0. The van der Waals surface area contributed by atoms with Crippen LogP contribution in [0.15, 0.2) is 5.38 Å². The Morgan fingerprint density at radius 1 is 1.47 bits per heavy atom. The number of nitriles is 1. The average Bonchev–Trinajstić information content (AvgIpc) is 2.65. The fraction of sp³-hybridized carbons (Fsp3) is 0.667. The van der Waals surface area contributed by atoms with Crippen LogP contribution in [0, 0.1) is 23.7 Å². The van der Waals surface area contributed by atoms with Crippen LogP contribution in [-0.2, 0) is 6.42 Å². The smallest absolute Gasteiger partial charge is 0.0944 e. The van der Waals surface area contributed by atoms with Crippen LogP contribution in [0.25, 0.3) is 0 Å². The molecule has 1 heterocycles. The van der Waals surface area contributed by atoms with E-state index in [2.05, 4.69) is 16.4 Å². The first-order valence-corrected chi connectivity index (χ1v) is 6.44. The second-order valence-electron chi connectivity index (χ2n) is 4.51. The predicted molar refractivity (Wildman–Crippen MR) is 61.7 cm³/mol. The molecule has 0 N–H and O–H groups in total. The third-order valence-electron chi connectivity index (χ3n) is 3.20. The zero-order valence-corrected chi connectivity index (χ0v) is 9.94. The maximum atomic E-state index is 9.34. The minimum Gasteiger partial charge on any atom is -0.247 e. The maximum absolute atomic E-state index is 9.34. The first kappa shape index (κ1) is 10.6. The zero-order valence-electron chi connectivity index (χ0n) is 9.12. The lowest BCUT2D eigenvalue weighted by atomic mass is 9.73. The standard InChI is InChI=1S/C12H16N2S/c1-10-8-15-11(14-10)7-12(9-13)5-3-2-4-6-12/h8H,2-7H2,1H3. The summed E-state index contributed by atoms with van der Waals surface area (Å²) < 4.78 is 0. The van der Waals surface area contributed by atoms with Gasteiger partial charge in [-0.3, -0.25) is 0 Å². The lowest BCUT2D eigenvalue weighted by molar-refractivity contribution is 0.265. The molecule has 1 aliphatic carbocycles. The fourth-order valence-electron chi connectivity index (χ4n) is 2.33. The van der Waals surface area contributed by atoms with E-state index >= 15 is 0 Å². The molecular formula is C12H16N2S. The number of rotatable bonds is 2. The molecule has 0 radical (unpaired) electrons. The summed E-state index contributed by atoms with van der Waals surface area (Å²) in [5.41, 5.74) is 0.974. The van der Waals surface area contributed by atoms with Crippen molar-refractivity contribution in [1.82, 2.24) is 4.98 Å². The van der Waals surface area contributed by atoms with Crippen molar-refractivity contribution in [2.45, 2.75) is 45.4 Å². The van der Waals surface area contributed by atoms with Gasteiger partial charge in [0.25, 0.3) is 0 Å². The van der Waals surface area contributed by atoms with E-state index < -0.39 is 0 Å². The van der Waals surface area contributed by atoms with Gasteiger partial charge in [-0.1, -0.05) is 19.3 Å². The number of hydrogen-bond acceptors (Lipinski definition) is 3. The normalized spacial score (nSPS) is 19.7. The van der Waals surface area contributed by atoms with Gasteiger partial charge in [0, 0.05) is 17.5 Å². The van der Waals surface area contributed by atoms with E-state index in [1.165, 1.54) is 19.3 Å². The molecule has 80 valence electrons. The molecule has 15 heavy (non-hydrogen) atoms. The largest absolute Gasteiger partial charge is 0.247 e. The van der Waals surface area contributed by atoms with Gasteiger partial charge in [-0.15, -0.1) is 11.3 Å². The van der Waals surface area contributed by atoms with Gasteiger partial charge < -0.3 is 0 Å². The van der Waals surface area contributed by atoms with E-state index in [4.69, 9.17) is 0 Å². The molecule has 3 heteroatoms. The topological polar surface area (TPSA) is 36.7 Å². The summed E-state index contributed by atoms with van der Waals surface area (Å²) in [5.74, 6) is 0. The monoisotopic (exact) mass is 220 g/mol. The molecule has 2 rings (SSSR count). The highest BCUT2D eigenvalue weighted by Gasteiger charge is 2.33. The van der Waals surface area contributed by atoms with Gasteiger partial charge in [-0.05, 0) is 19.8 Å². The highest BCUT2D eigenvalue weighted by molar-refractivity contribution is 7.09. The van der Waals surface area contributed by atoms with Gasteiger partial charge in [0.2, 0.25) is 0 Å². The first-order chi connectivity index (χ1) is 7.24. The molecule has 0 aliphatic heterocycles. The summed E-state index contributed by atoms with van der Waals surface area (Å²) in [7, 11) is 0. The van der Waals surface area contributed by atoms with Gasteiger partial charge in [-0.25, -0.2) is 4.98 Å². The minimum absolute atomic E-state index is 0.109. The van der Waals surface area contributed by atoms with Crippen LogP contribution >= 0.6 is 11.3 Å². The maximum Gasteiger partial charge on any atom is 0.0944 e. The van der Waals surface area contributed by atoms with Gasteiger partial charge in [0.15, 0.2) is 0 Å². The van der Waals surface area contributed by atoms with Crippen LogP contribution in [0.5, 0.6) is 0 Å². The fourth-order valence-corrected chi connectivity index (χ4v) is 3.25. The lowest BCUT2D eigenvalue weighted by Crippen LogP contribution is -2.24. The molecular weight excluding hydrogens is 204 g/mol. The van der Waals surface area contributed by atoms with Gasteiger partial charge in [0.05, 0.1) is 16.5 Å². The first-order valence-electron chi connectivity index (χ1n) is 5.56. The summed E-state index contributed by atoms with van der Waals surface area (Å²) in [4.78, 5) is 4.47. The molecule has 1 aromatic rings. The van der Waals surface area contributed by atoms with E-state index in [0.717, 1.165) is 30.0 Å². The van der Waals surface area contributed by atoms with E-state index in [9.17, 15) is 5.26 Å². The van der Waals surface area contributed by atoms with E-state index in [1.54, 1.807) is 11.3 Å². The van der Waals surface area contributed by atoms with Crippen molar-refractivity contribution in [1.29, 1.82) is 5.26 Å². The summed E-state index contributed by atoms with van der Waals surface area (Å²) in [6.45, 7) is 2.01. The Hall–Kier alpha value is -0.880. The van der Waals surface area contributed by atoms with Crippen LogP contribution in [0.3, 0.4) is 0 Å². The number of aryl methyl sites for hydroxylation is 1. The number of thiazole rings is 1. The Bertz CT molecular complexity index is 369. The second-order valence-corrected chi connectivity index (χ2v) is 5.45. The van der Waals surface area contributed by atoms with Gasteiger partial charge >= 0.3 is 0 Å². The Balaban J connectivity index is 2.11. The van der Waals surface area contributed by atoms with E-state index in [-0.39, 0.29) is 5.41 Å². The average molecular weight is 220 g/mol. The predicted octanol–water partition coefficient (Wildman–Crippen LogP) is 3.47. The summed E-state index contributed by atoms with van der Waals surface area (Å²) >= 11 is 1.69. The number of nitrogens with zero attached hydrogens (tertiary/aromatic N) is 2. The zero-order chi connectivity index (χ0) is 10.7. The lowest BCUT2D eigenvalue weighted by Gasteiger charge is -2.29. The van der Waals surface area contributed by atoms with Gasteiger partial charge in [-0.2, -0.15) is 5.26 Å². The van der Waals surface area contributed by atoms with Crippen molar-refractivity contribution >= 4 is 11.3 Å². The van der Waals surface area contributed by atoms with Crippen molar-refractivity contribution in [3.63, 3.8) is 0 Å². The Labute approximate surface area is 95.0 Å². The van der Waals surface area contributed by atoms with Crippen LogP contribution in [0.2, 0.25) is 0 Å². The minimum atomic E-state index is -0.109. The Morgan fingerprint density at radius 3 is 2.73 bits per heavy atom. The van der Waals surface area contributed by atoms with Crippen molar-refractivity contribution < 1.29 is 0 Å². The molecule has 2 nitrogen and oxygen atoms in total. The van der Waals surface area contributed by atoms with Crippen LogP contribution in [-0.4, -0.2) is 4.98 Å². The molecule has 0 bridgehead atoms. The highest BCUT2D eigenvalue weighted by atomic mass is 32.1. The molecule has 0 saturated heterocycles. The molecule has 0 atom stereocenters. The molecule has 0 amide bonds. The molecule has 1 aromatic heterocycles. The van der Waals surface area contributed by atoms with Crippen LogP contribution in [0.1, 0.15) is 42.8 Å². The van der Waals surface area contributed by atoms with Crippen LogP contribution < -0.4 is 0 Å². The Kier molecular flexibility index (Phi) is 3.06. The van der Waals surface area contributed by atoms with Crippen molar-refractivity contribution in [2.24, 2.45) is 5.41 Å². The van der Waals surface area contributed by atoms with E-state index in [0.29, 0.717) is 0 Å². The number of aromatic nitrogens is 1. The summed E-state index contributed by atoms with van der Waals surface area (Å²) in [5, 5.41) is 12.5. The highest BCUT2D eigenvalue weighted by Crippen LogP contribution is 2.39. The van der Waals surface area contributed by atoms with Crippen molar-refractivity contribution in [3.05, 3.63) is 16.1 Å². The van der Waals surface area contributed by atoms with E-state index in [1.807, 2.05) is 6.92 Å². The second kappa shape index (κ2) is 4.32.